The molecule has 2 N–H and O–H groups in total. The SMILES string of the molecule is CCCCCC/C=C\C/C=C\CCCCCCCC(=O)OC(COC(=O)CCCCCCC/C=C\CCCCCCCC)COP(=O)(O)O. The Bertz CT molecular complexity index is 895. The Kier molecular flexibility index (Phi) is 34.8. The zero-order valence-electron chi connectivity index (χ0n) is 31.3. The number of rotatable bonds is 36. The molecule has 49 heavy (non-hydrogen) atoms. The number of unbranched alkanes of at least 4 members (excludes halogenated alkanes) is 20. The fraction of sp³-hybridized carbons (Fsp3) is 0.800. The van der Waals surface area contributed by atoms with E-state index in [1.54, 1.807) is 0 Å². The molecule has 8 nitrogen and oxygen atoms in total. The summed E-state index contributed by atoms with van der Waals surface area (Å²) in [7, 11) is -4.76. The van der Waals surface area contributed by atoms with Crippen molar-refractivity contribution in [2.24, 2.45) is 0 Å². The van der Waals surface area contributed by atoms with Crippen LogP contribution in [0.25, 0.3) is 0 Å². The van der Waals surface area contributed by atoms with E-state index in [9.17, 15) is 14.2 Å². The minimum absolute atomic E-state index is 0.194. The molecule has 0 amide bonds. The standard InChI is InChI=1S/C40H73O8P/c1-3-5-7-9-11-13-15-17-19-21-23-25-27-29-31-33-35-40(42)48-38(37-47-49(43,44)45)36-46-39(41)34-32-30-28-26-24-22-20-18-16-14-12-10-8-6-4-2/h13,15,18-21,38H,3-12,14,16-17,22-37H2,1-2H3,(H2,43,44,45)/b15-13-,20-18-,21-19-. The molecular formula is C40H73O8P. The van der Waals surface area contributed by atoms with E-state index in [0.29, 0.717) is 12.8 Å². The molecule has 0 spiro atoms. The van der Waals surface area contributed by atoms with Crippen molar-refractivity contribution in [2.45, 2.75) is 193 Å². The summed E-state index contributed by atoms with van der Waals surface area (Å²) in [4.78, 5) is 42.7. The predicted octanol–water partition coefficient (Wildman–Crippen LogP) is 11.8. The molecule has 0 fully saturated rings. The molecule has 1 unspecified atom stereocenters. The van der Waals surface area contributed by atoms with Crippen LogP contribution in [0.3, 0.4) is 0 Å². The molecule has 0 saturated carbocycles. The predicted molar refractivity (Wildman–Crippen MR) is 202 cm³/mol. The van der Waals surface area contributed by atoms with E-state index in [2.05, 4.69) is 54.8 Å². The van der Waals surface area contributed by atoms with Gasteiger partial charge in [0.25, 0.3) is 0 Å². The zero-order valence-corrected chi connectivity index (χ0v) is 32.2. The number of phosphoric acid groups is 1. The van der Waals surface area contributed by atoms with Gasteiger partial charge >= 0.3 is 19.8 Å². The van der Waals surface area contributed by atoms with Crippen LogP contribution in [-0.4, -0.2) is 41.0 Å². The summed E-state index contributed by atoms with van der Waals surface area (Å²) in [6, 6.07) is 0. The molecule has 0 heterocycles. The molecule has 0 aromatic rings. The van der Waals surface area contributed by atoms with E-state index in [0.717, 1.165) is 70.6 Å². The summed E-state index contributed by atoms with van der Waals surface area (Å²) in [5, 5.41) is 0. The number of phosphoric ester groups is 1. The molecule has 0 aromatic carbocycles. The lowest BCUT2D eigenvalue weighted by Gasteiger charge is -2.18. The third-order valence-corrected chi connectivity index (χ3v) is 8.87. The molecule has 1 atom stereocenters. The van der Waals surface area contributed by atoms with Gasteiger partial charge < -0.3 is 19.3 Å². The Morgan fingerprint density at radius 3 is 1.39 bits per heavy atom. The maximum absolute atomic E-state index is 12.4. The van der Waals surface area contributed by atoms with Gasteiger partial charge in [0.15, 0.2) is 6.10 Å². The summed E-state index contributed by atoms with van der Waals surface area (Å²) in [5.41, 5.74) is 0. The van der Waals surface area contributed by atoms with E-state index < -0.39 is 32.5 Å². The molecule has 286 valence electrons. The summed E-state index contributed by atoms with van der Waals surface area (Å²) in [6.07, 6.45) is 41.4. The van der Waals surface area contributed by atoms with Gasteiger partial charge in [-0.05, 0) is 70.6 Å². The van der Waals surface area contributed by atoms with Gasteiger partial charge in [0, 0.05) is 12.8 Å². The Morgan fingerprint density at radius 1 is 0.531 bits per heavy atom. The third-order valence-electron chi connectivity index (χ3n) is 8.38. The van der Waals surface area contributed by atoms with E-state index in [4.69, 9.17) is 19.3 Å². The molecule has 0 aromatic heterocycles. The highest BCUT2D eigenvalue weighted by Gasteiger charge is 2.22. The van der Waals surface area contributed by atoms with E-state index >= 15 is 0 Å². The Hall–Kier alpha value is -1.73. The highest BCUT2D eigenvalue weighted by atomic mass is 31.2. The molecular weight excluding hydrogens is 639 g/mol. The summed E-state index contributed by atoms with van der Waals surface area (Å²) < 4.78 is 26.3. The van der Waals surface area contributed by atoms with Gasteiger partial charge in [-0.3, -0.25) is 14.1 Å². The number of allylic oxidation sites excluding steroid dienone is 6. The number of carbonyl (C=O) groups excluding carboxylic acids is 2. The largest absolute Gasteiger partial charge is 0.469 e. The maximum atomic E-state index is 12.4. The van der Waals surface area contributed by atoms with Crippen LogP contribution in [0.1, 0.15) is 187 Å². The lowest BCUT2D eigenvalue weighted by Crippen LogP contribution is -2.29. The first-order valence-corrected chi connectivity index (χ1v) is 21.3. The van der Waals surface area contributed by atoms with Crippen molar-refractivity contribution in [1.82, 2.24) is 0 Å². The number of ether oxygens (including phenoxy) is 2. The highest BCUT2D eigenvalue weighted by molar-refractivity contribution is 7.46. The van der Waals surface area contributed by atoms with Crippen LogP contribution in [0.4, 0.5) is 0 Å². The maximum Gasteiger partial charge on any atom is 0.469 e. The minimum atomic E-state index is -4.76. The topological polar surface area (TPSA) is 119 Å². The van der Waals surface area contributed by atoms with Crippen molar-refractivity contribution in [3.63, 3.8) is 0 Å². The fourth-order valence-corrected chi connectivity index (χ4v) is 5.76. The van der Waals surface area contributed by atoms with Crippen molar-refractivity contribution < 1.29 is 37.9 Å². The summed E-state index contributed by atoms with van der Waals surface area (Å²) in [6.45, 7) is 3.64. The van der Waals surface area contributed by atoms with Gasteiger partial charge in [-0.1, -0.05) is 140 Å². The van der Waals surface area contributed by atoms with Crippen LogP contribution < -0.4 is 0 Å². The van der Waals surface area contributed by atoms with Crippen molar-refractivity contribution in [1.29, 1.82) is 0 Å². The number of hydrogen-bond acceptors (Lipinski definition) is 6. The number of esters is 2. The second kappa shape index (κ2) is 36.1. The van der Waals surface area contributed by atoms with Crippen molar-refractivity contribution in [3.8, 4) is 0 Å². The number of carbonyl (C=O) groups is 2. The second-order valence-corrected chi connectivity index (χ2v) is 14.5. The molecule has 0 saturated heterocycles. The molecule has 0 radical (unpaired) electrons. The van der Waals surface area contributed by atoms with Crippen LogP contribution in [0.2, 0.25) is 0 Å². The van der Waals surface area contributed by atoms with Gasteiger partial charge in [-0.2, -0.15) is 0 Å². The van der Waals surface area contributed by atoms with Gasteiger partial charge in [-0.15, -0.1) is 0 Å². The highest BCUT2D eigenvalue weighted by Crippen LogP contribution is 2.36. The molecule has 0 aliphatic carbocycles. The Balaban J connectivity index is 3.99. The Labute approximate surface area is 300 Å². The monoisotopic (exact) mass is 713 g/mol. The van der Waals surface area contributed by atoms with Crippen molar-refractivity contribution in [2.75, 3.05) is 13.2 Å². The van der Waals surface area contributed by atoms with Crippen LogP contribution in [0.15, 0.2) is 36.5 Å². The minimum Gasteiger partial charge on any atom is -0.462 e. The van der Waals surface area contributed by atoms with E-state index in [1.807, 2.05) is 0 Å². The van der Waals surface area contributed by atoms with Crippen LogP contribution in [0, 0.1) is 0 Å². The van der Waals surface area contributed by atoms with Gasteiger partial charge in [0.05, 0.1) is 6.61 Å². The third kappa shape index (κ3) is 38.9. The van der Waals surface area contributed by atoms with Crippen LogP contribution in [-0.2, 0) is 28.2 Å². The summed E-state index contributed by atoms with van der Waals surface area (Å²) >= 11 is 0. The molecule has 0 aliphatic heterocycles. The molecule has 0 bridgehead atoms. The molecule has 9 heteroatoms. The van der Waals surface area contributed by atoms with Gasteiger partial charge in [0.1, 0.15) is 6.61 Å². The first-order chi connectivity index (χ1) is 23.8. The second-order valence-electron chi connectivity index (χ2n) is 13.2. The first kappa shape index (κ1) is 47.3. The van der Waals surface area contributed by atoms with Gasteiger partial charge in [0.2, 0.25) is 0 Å². The lowest BCUT2D eigenvalue weighted by molar-refractivity contribution is -0.161. The number of hydrogen-bond donors (Lipinski definition) is 2. The van der Waals surface area contributed by atoms with Gasteiger partial charge in [-0.25, -0.2) is 4.57 Å². The molecule has 0 rings (SSSR count). The van der Waals surface area contributed by atoms with Crippen molar-refractivity contribution >= 4 is 19.8 Å². The summed E-state index contributed by atoms with van der Waals surface area (Å²) in [5.74, 6) is -0.909. The normalized spacial score (nSPS) is 12.8. The average Bonchev–Trinajstić information content (AvgIpc) is 3.07. The van der Waals surface area contributed by atoms with E-state index in [1.165, 1.54) is 77.0 Å². The van der Waals surface area contributed by atoms with Crippen LogP contribution in [0.5, 0.6) is 0 Å². The van der Waals surface area contributed by atoms with Crippen LogP contribution >= 0.6 is 7.82 Å². The van der Waals surface area contributed by atoms with E-state index in [-0.39, 0.29) is 19.4 Å². The first-order valence-electron chi connectivity index (χ1n) is 19.8. The quantitative estimate of drug-likeness (QED) is 0.0285. The van der Waals surface area contributed by atoms with Crippen molar-refractivity contribution in [3.05, 3.63) is 36.5 Å². The lowest BCUT2D eigenvalue weighted by atomic mass is 10.1. The average molecular weight is 713 g/mol. The fourth-order valence-electron chi connectivity index (χ4n) is 5.40. The zero-order chi connectivity index (χ0) is 36.1. The molecule has 0 aliphatic rings. The Morgan fingerprint density at radius 2 is 0.918 bits per heavy atom. The smallest absolute Gasteiger partial charge is 0.462 e.